The molecule has 0 bridgehead atoms. The van der Waals surface area contributed by atoms with E-state index in [1.807, 2.05) is 13.8 Å². The minimum Gasteiger partial charge on any atom is -0.381 e. The summed E-state index contributed by atoms with van der Waals surface area (Å²) >= 11 is 0. The number of nitrogens with two attached hydrogens (primary N) is 2. The molecule has 6 nitrogen and oxygen atoms in total. The third kappa shape index (κ3) is 3.96. The fourth-order valence-corrected chi connectivity index (χ4v) is 2.11. The van der Waals surface area contributed by atoms with E-state index in [-0.39, 0.29) is 18.4 Å². The van der Waals surface area contributed by atoms with E-state index in [1.54, 1.807) is 0 Å². The maximum atomic E-state index is 12.4. The third-order valence-electron chi connectivity index (χ3n) is 3.03. The Balaban J connectivity index is 2.76. The number of amides is 2. The molecule has 1 aliphatic heterocycles. The summed E-state index contributed by atoms with van der Waals surface area (Å²) in [6.07, 6.45) is 0.971. The molecule has 104 valence electrons. The van der Waals surface area contributed by atoms with Crippen LogP contribution in [0.15, 0.2) is 0 Å². The third-order valence-corrected chi connectivity index (χ3v) is 3.03. The van der Waals surface area contributed by atoms with E-state index in [2.05, 4.69) is 0 Å². The molecule has 1 saturated heterocycles. The lowest BCUT2D eigenvalue weighted by molar-refractivity contribution is -0.143. The highest BCUT2D eigenvalue weighted by Gasteiger charge is 2.39. The van der Waals surface area contributed by atoms with E-state index in [4.69, 9.17) is 16.2 Å². The molecule has 6 heteroatoms. The van der Waals surface area contributed by atoms with Gasteiger partial charge < -0.3 is 21.1 Å². The van der Waals surface area contributed by atoms with Gasteiger partial charge in [-0.05, 0) is 18.8 Å². The number of primary amides is 1. The van der Waals surface area contributed by atoms with Crippen LogP contribution in [-0.4, -0.2) is 48.6 Å². The highest BCUT2D eigenvalue weighted by atomic mass is 16.5. The molecule has 0 aromatic rings. The minimum absolute atomic E-state index is 0.0726. The van der Waals surface area contributed by atoms with E-state index in [1.165, 1.54) is 4.90 Å². The van der Waals surface area contributed by atoms with Gasteiger partial charge in [0.25, 0.3) is 0 Å². The number of carbonyl (C=O) groups is 2. The molecule has 4 N–H and O–H groups in total. The van der Waals surface area contributed by atoms with Gasteiger partial charge in [0, 0.05) is 19.8 Å². The number of hydrogen-bond acceptors (Lipinski definition) is 4. The van der Waals surface area contributed by atoms with Crippen molar-refractivity contribution in [2.24, 2.45) is 17.4 Å². The van der Waals surface area contributed by atoms with Crippen LogP contribution in [0.5, 0.6) is 0 Å². The van der Waals surface area contributed by atoms with Gasteiger partial charge in [0.2, 0.25) is 11.8 Å². The maximum absolute atomic E-state index is 12.4. The first kappa shape index (κ1) is 14.9. The molecule has 0 aliphatic carbocycles. The second-order valence-electron chi connectivity index (χ2n) is 5.31. The van der Waals surface area contributed by atoms with Crippen molar-refractivity contribution in [3.63, 3.8) is 0 Å². The van der Waals surface area contributed by atoms with Gasteiger partial charge in [0.15, 0.2) is 0 Å². The molecule has 0 saturated carbocycles. The Labute approximate surface area is 108 Å². The average Bonchev–Trinajstić information content (AvgIpc) is 2.27. The standard InChI is InChI=1S/C12H23N3O3/c1-9(2)7-15(8-10(13)16)11(17)12(14)3-5-18-6-4-12/h9H,3-8,14H2,1-2H3,(H2,13,16). The van der Waals surface area contributed by atoms with Crippen LogP contribution in [0.25, 0.3) is 0 Å². The van der Waals surface area contributed by atoms with E-state index in [0.717, 1.165) is 0 Å². The molecule has 1 heterocycles. The molecule has 0 aromatic carbocycles. The Kier molecular flexibility index (Phi) is 5.10. The van der Waals surface area contributed by atoms with Gasteiger partial charge in [-0.2, -0.15) is 0 Å². The van der Waals surface area contributed by atoms with Crippen LogP contribution < -0.4 is 11.5 Å². The number of rotatable bonds is 5. The Morgan fingerprint density at radius 2 is 1.89 bits per heavy atom. The lowest BCUT2D eigenvalue weighted by atomic mass is 9.89. The Morgan fingerprint density at radius 1 is 1.33 bits per heavy atom. The zero-order valence-corrected chi connectivity index (χ0v) is 11.1. The molecular weight excluding hydrogens is 234 g/mol. The van der Waals surface area contributed by atoms with Gasteiger partial charge in [-0.3, -0.25) is 9.59 Å². The van der Waals surface area contributed by atoms with Gasteiger partial charge in [-0.25, -0.2) is 0 Å². The van der Waals surface area contributed by atoms with Gasteiger partial charge in [0.05, 0.1) is 12.1 Å². The second-order valence-corrected chi connectivity index (χ2v) is 5.31. The lowest BCUT2D eigenvalue weighted by Crippen LogP contribution is -2.59. The van der Waals surface area contributed by atoms with Crippen LogP contribution >= 0.6 is 0 Å². The van der Waals surface area contributed by atoms with Crippen molar-refractivity contribution >= 4 is 11.8 Å². The predicted molar refractivity (Wildman–Crippen MR) is 67.6 cm³/mol. The fourth-order valence-electron chi connectivity index (χ4n) is 2.11. The minimum atomic E-state index is -0.914. The molecule has 2 amide bonds. The summed E-state index contributed by atoms with van der Waals surface area (Å²) in [7, 11) is 0. The number of carbonyl (C=O) groups excluding carboxylic acids is 2. The number of nitrogens with zero attached hydrogens (tertiary/aromatic N) is 1. The molecule has 0 unspecified atom stereocenters. The lowest BCUT2D eigenvalue weighted by Gasteiger charge is -2.37. The van der Waals surface area contributed by atoms with E-state index < -0.39 is 11.4 Å². The smallest absolute Gasteiger partial charge is 0.243 e. The molecule has 1 rings (SSSR count). The van der Waals surface area contributed by atoms with Crippen LogP contribution in [0.2, 0.25) is 0 Å². The van der Waals surface area contributed by atoms with Crippen molar-refractivity contribution in [1.82, 2.24) is 4.90 Å². The Bertz CT molecular complexity index is 312. The zero-order chi connectivity index (χ0) is 13.8. The normalized spacial score (nSPS) is 18.7. The number of ether oxygens (including phenoxy) is 1. The van der Waals surface area contributed by atoms with Crippen molar-refractivity contribution < 1.29 is 14.3 Å². The summed E-state index contributed by atoms with van der Waals surface area (Å²) in [5, 5.41) is 0. The highest BCUT2D eigenvalue weighted by molar-refractivity contribution is 5.89. The van der Waals surface area contributed by atoms with Crippen LogP contribution in [-0.2, 0) is 14.3 Å². The summed E-state index contributed by atoms with van der Waals surface area (Å²) in [5.41, 5.74) is 10.4. The van der Waals surface area contributed by atoms with Crippen LogP contribution in [0.3, 0.4) is 0 Å². The molecule has 0 radical (unpaired) electrons. The predicted octanol–water partition coefficient (Wildman–Crippen LogP) is -0.536. The fraction of sp³-hybridized carbons (Fsp3) is 0.833. The second kappa shape index (κ2) is 6.15. The summed E-state index contributed by atoms with van der Waals surface area (Å²) in [4.78, 5) is 24.9. The Morgan fingerprint density at radius 3 is 2.33 bits per heavy atom. The summed E-state index contributed by atoms with van der Waals surface area (Å²) < 4.78 is 5.21. The molecule has 0 spiro atoms. The molecule has 18 heavy (non-hydrogen) atoms. The topological polar surface area (TPSA) is 98.7 Å². The summed E-state index contributed by atoms with van der Waals surface area (Å²) in [6.45, 7) is 5.34. The monoisotopic (exact) mass is 257 g/mol. The van der Waals surface area contributed by atoms with Crippen LogP contribution in [0.1, 0.15) is 26.7 Å². The maximum Gasteiger partial charge on any atom is 0.243 e. The average molecular weight is 257 g/mol. The van der Waals surface area contributed by atoms with Crippen molar-refractivity contribution in [1.29, 1.82) is 0 Å². The van der Waals surface area contributed by atoms with E-state index in [9.17, 15) is 9.59 Å². The first-order valence-electron chi connectivity index (χ1n) is 6.29. The van der Waals surface area contributed by atoms with Crippen molar-refractivity contribution in [2.45, 2.75) is 32.2 Å². The summed E-state index contributed by atoms with van der Waals surface area (Å²) in [5.74, 6) is -0.449. The first-order valence-corrected chi connectivity index (χ1v) is 6.29. The van der Waals surface area contributed by atoms with E-state index in [0.29, 0.717) is 32.6 Å². The molecule has 0 atom stereocenters. The molecular formula is C12H23N3O3. The molecule has 1 fully saturated rings. The quantitative estimate of drug-likeness (QED) is 0.691. The van der Waals surface area contributed by atoms with Crippen LogP contribution in [0.4, 0.5) is 0 Å². The van der Waals surface area contributed by atoms with Gasteiger partial charge in [-0.1, -0.05) is 13.8 Å². The largest absolute Gasteiger partial charge is 0.381 e. The Hall–Kier alpha value is -1.14. The summed E-state index contributed by atoms with van der Waals surface area (Å²) in [6, 6.07) is 0. The van der Waals surface area contributed by atoms with Crippen molar-refractivity contribution in [3.05, 3.63) is 0 Å². The highest BCUT2D eigenvalue weighted by Crippen LogP contribution is 2.21. The van der Waals surface area contributed by atoms with Crippen molar-refractivity contribution in [3.8, 4) is 0 Å². The van der Waals surface area contributed by atoms with Crippen LogP contribution in [0, 0.1) is 5.92 Å². The van der Waals surface area contributed by atoms with Crippen molar-refractivity contribution in [2.75, 3.05) is 26.3 Å². The van der Waals surface area contributed by atoms with Gasteiger partial charge >= 0.3 is 0 Å². The van der Waals surface area contributed by atoms with E-state index >= 15 is 0 Å². The zero-order valence-electron chi connectivity index (χ0n) is 11.1. The van der Waals surface area contributed by atoms with Gasteiger partial charge in [-0.15, -0.1) is 0 Å². The first-order chi connectivity index (χ1) is 8.35. The molecule has 1 aliphatic rings. The SMILES string of the molecule is CC(C)CN(CC(N)=O)C(=O)C1(N)CCOCC1. The van der Waals surface area contributed by atoms with Gasteiger partial charge in [0.1, 0.15) is 0 Å². The molecule has 0 aromatic heterocycles. The number of hydrogen-bond donors (Lipinski definition) is 2.